The van der Waals surface area contributed by atoms with Gasteiger partial charge in [0.15, 0.2) is 11.6 Å². The molecular formula is C8H10N4O2. The average molecular weight is 194 g/mol. The van der Waals surface area contributed by atoms with Crippen molar-refractivity contribution in [2.45, 2.75) is 20.4 Å². The van der Waals surface area contributed by atoms with Gasteiger partial charge in [0.2, 0.25) is 0 Å². The third-order valence-corrected chi connectivity index (χ3v) is 1.62. The van der Waals surface area contributed by atoms with Crippen molar-refractivity contribution < 1.29 is 9.05 Å². The second-order valence-electron chi connectivity index (χ2n) is 2.93. The van der Waals surface area contributed by atoms with E-state index in [1.807, 2.05) is 13.0 Å². The molecule has 74 valence electrons. The lowest BCUT2D eigenvalue weighted by molar-refractivity contribution is 0.380. The van der Waals surface area contributed by atoms with Crippen LogP contribution in [0.2, 0.25) is 0 Å². The molecule has 14 heavy (non-hydrogen) atoms. The summed E-state index contributed by atoms with van der Waals surface area (Å²) in [5.41, 5.74) is 0.850. The van der Waals surface area contributed by atoms with Crippen LogP contribution in [0.5, 0.6) is 0 Å². The van der Waals surface area contributed by atoms with E-state index in [4.69, 9.17) is 9.05 Å². The van der Waals surface area contributed by atoms with Crippen molar-refractivity contribution in [3.05, 3.63) is 23.3 Å². The summed E-state index contributed by atoms with van der Waals surface area (Å²) >= 11 is 0. The zero-order valence-corrected chi connectivity index (χ0v) is 7.94. The fraction of sp³-hybridized carbons (Fsp3) is 0.375. The van der Waals surface area contributed by atoms with E-state index in [1.54, 1.807) is 6.92 Å². The van der Waals surface area contributed by atoms with E-state index in [2.05, 4.69) is 20.6 Å². The van der Waals surface area contributed by atoms with Crippen LogP contribution < -0.4 is 5.32 Å². The monoisotopic (exact) mass is 194 g/mol. The van der Waals surface area contributed by atoms with Crippen LogP contribution in [0.3, 0.4) is 0 Å². The van der Waals surface area contributed by atoms with Crippen molar-refractivity contribution in [1.82, 2.24) is 15.3 Å². The Labute approximate surface area is 80.3 Å². The van der Waals surface area contributed by atoms with Gasteiger partial charge in [0.25, 0.3) is 0 Å². The number of anilines is 1. The molecule has 0 fully saturated rings. The topological polar surface area (TPSA) is 77.0 Å². The molecule has 1 N–H and O–H groups in total. The summed E-state index contributed by atoms with van der Waals surface area (Å²) in [4.78, 5) is 3.98. The molecular weight excluding hydrogens is 184 g/mol. The number of aryl methyl sites for hydroxylation is 2. The zero-order valence-electron chi connectivity index (χ0n) is 7.94. The van der Waals surface area contributed by atoms with Crippen molar-refractivity contribution in [3.63, 3.8) is 0 Å². The van der Waals surface area contributed by atoms with E-state index < -0.39 is 0 Å². The Morgan fingerprint density at radius 1 is 1.29 bits per heavy atom. The molecule has 0 unspecified atom stereocenters. The van der Waals surface area contributed by atoms with Gasteiger partial charge in [-0.15, -0.1) is 0 Å². The van der Waals surface area contributed by atoms with Crippen molar-refractivity contribution >= 4 is 6.01 Å². The minimum Gasteiger partial charge on any atom is -0.359 e. The highest BCUT2D eigenvalue weighted by Crippen LogP contribution is 2.07. The Kier molecular flexibility index (Phi) is 2.18. The third-order valence-electron chi connectivity index (χ3n) is 1.62. The molecule has 0 aliphatic rings. The minimum atomic E-state index is 0.386. The SMILES string of the molecule is Cc1cc(CNc2nc(C)no2)on1. The van der Waals surface area contributed by atoms with E-state index in [0.717, 1.165) is 11.5 Å². The quantitative estimate of drug-likeness (QED) is 0.793. The maximum Gasteiger partial charge on any atom is 0.321 e. The molecule has 0 aliphatic carbocycles. The molecule has 2 rings (SSSR count). The van der Waals surface area contributed by atoms with E-state index in [0.29, 0.717) is 18.4 Å². The smallest absolute Gasteiger partial charge is 0.321 e. The molecule has 0 spiro atoms. The Balaban J connectivity index is 1.94. The first-order chi connectivity index (χ1) is 6.74. The molecule has 2 aromatic heterocycles. The summed E-state index contributed by atoms with van der Waals surface area (Å²) in [6.07, 6.45) is 0. The molecule has 0 amide bonds. The van der Waals surface area contributed by atoms with E-state index >= 15 is 0 Å². The van der Waals surface area contributed by atoms with E-state index in [1.165, 1.54) is 0 Å². The van der Waals surface area contributed by atoms with Gasteiger partial charge in [-0.2, -0.15) is 4.98 Å². The number of rotatable bonds is 3. The Morgan fingerprint density at radius 3 is 2.71 bits per heavy atom. The second kappa shape index (κ2) is 3.49. The lowest BCUT2D eigenvalue weighted by Gasteiger charge is -1.94. The lowest BCUT2D eigenvalue weighted by Crippen LogP contribution is -1.98. The fourth-order valence-electron chi connectivity index (χ4n) is 1.03. The number of hydrogen-bond donors (Lipinski definition) is 1. The van der Waals surface area contributed by atoms with Gasteiger partial charge >= 0.3 is 6.01 Å². The number of nitrogens with one attached hydrogen (secondary N) is 1. The predicted molar refractivity (Wildman–Crippen MR) is 47.6 cm³/mol. The van der Waals surface area contributed by atoms with Gasteiger partial charge in [-0.1, -0.05) is 10.3 Å². The first-order valence-electron chi connectivity index (χ1n) is 4.20. The predicted octanol–water partition coefficient (Wildman–Crippen LogP) is 1.29. The Morgan fingerprint density at radius 2 is 2.14 bits per heavy atom. The van der Waals surface area contributed by atoms with Crippen LogP contribution in [-0.2, 0) is 6.54 Å². The number of nitrogens with zero attached hydrogens (tertiary/aromatic N) is 3. The van der Waals surface area contributed by atoms with Crippen LogP contribution in [0.25, 0.3) is 0 Å². The molecule has 2 heterocycles. The fourth-order valence-corrected chi connectivity index (χ4v) is 1.03. The van der Waals surface area contributed by atoms with Gasteiger partial charge in [-0.05, 0) is 13.8 Å². The van der Waals surface area contributed by atoms with Gasteiger partial charge in [-0.3, -0.25) is 0 Å². The zero-order chi connectivity index (χ0) is 9.97. The molecule has 2 aromatic rings. The first-order valence-corrected chi connectivity index (χ1v) is 4.20. The van der Waals surface area contributed by atoms with Crippen molar-refractivity contribution in [2.75, 3.05) is 5.32 Å². The van der Waals surface area contributed by atoms with Gasteiger partial charge < -0.3 is 14.4 Å². The molecule has 0 saturated carbocycles. The van der Waals surface area contributed by atoms with Crippen molar-refractivity contribution in [3.8, 4) is 0 Å². The highest BCUT2D eigenvalue weighted by atomic mass is 16.5. The van der Waals surface area contributed by atoms with Crippen LogP contribution in [0.4, 0.5) is 6.01 Å². The van der Waals surface area contributed by atoms with E-state index in [-0.39, 0.29) is 0 Å². The highest BCUT2D eigenvalue weighted by Gasteiger charge is 2.04. The van der Waals surface area contributed by atoms with Crippen LogP contribution in [-0.4, -0.2) is 15.3 Å². The summed E-state index contributed by atoms with van der Waals surface area (Å²) in [7, 11) is 0. The molecule has 0 aliphatic heterocycles. The average Bonchev–Trinajstić information content (AvgIpc) is 2.72. The summed E-state index contributed by atoms with van der Waals surface area (Å²) in [6.45, 7) is 4.11. The maximum absolute atomic E-state index is 4.99. The van der Waals surface area contributed by atoms with Gasteiger partial charge in [0, 0.05) is 6.07 Å². The third kappa shape index (κ3) is 1.90. The van der Waals surface area contributed by atoms with Crippen LogP contribution in [0.15, 0.2) is 15.1 Å². The molecule has 6 nitrogen and oxygen atoms in total. The van der Waals surface area contributed by atoms with Crippen LogP contribution in [0.1, 0.15) is 17.3 Å². The normalized spacial score (nSPS) is 10.4. The summed E-state index contributed by atoms with van der Waals surface area (Å²) in [5.74, 6) is 1.33. The first kappa shape index (κ1) is 8.74. The lowest BCUT2D eigenvalue weighted by atomic mass is 10.4. The Bertz CT molecular complexity index is 380. The van der Waals surface area contributed by atoms with E-state index in [9.17, 15) is 0 Å². The van der Waals surface area contributed by atoms with Gasteiger partial charge in [0.05, 0.1) is 12.2 Å². The maximum atomic E-state index is 4.99. The number of hydrogen-bond acceptors (Lipinski definition) is 6. The Hall–Kier alpha value is -1.85. The second-order valence-corrected chi connectivity index (χ2v) is 2.93. The molecule has 0 atom stereocenters. The van der Waals surface area contributed by atoms with Gasteiger partial charge in [-0.25, -0.2) is 0 Å². The largest absolute Gasteiger partial charge is 0.359 e. The summed E-state index contributed by atoms with van der Waals surface area (Å²) in [6, 6.07) is 2.23. The standard InChI is InChI=1S/C8H10N4O2/c1-5-3-7(13-11-5)4-9-8-10-6(2)12-14-8/h3H,4H2,1-2H3,(H,9,10,12). The summed E-state index contributed by atoms with van der Waals surface area (Å²) in [5, 5.41) is 10.3. The molecule has 6 heteroatoms. The van der Waals surface area contributed by atoms with Crippen molar-refractivity contribution in [2.24, 2.45) is 0 Å². The van der Waals surface area contributed by atoms with Gasteiger partial charge in [0.1, 0.15) is 0 Å². The molecule has 0 bridgehead atoms. The summed E-state index contributed by atoms with van der Waals surface area (Å²) < 4.78 is 9.85. The molecule has 0 radical (unpaired) electrons. The van der Waals surface area contributed by atoms with Crippen LogP contribution in [0, 0.1) is 13.8 Å². The van der Waals surface area contributed by atoms with Crippen LogP contribution >= 0.6 is 0 Å². The molecule has 0 saturated heterocycles. The highest BCUT2D eigenvalue weighted by molar-refractivity contribution is 5.19. The number of aromatic nitrogens is 3. The minimum absolute atomic E-state index is 0.386. The van der Waals surface area contributed by atoms with Crippen molar-refractivity contribution in [1.29, 1.82) is 0 Å². The molecule has 0 aromatic carbocycles.